The molecule has 3 rings (SSSR count). The number of rotatable bonds is 6. The molecule has 130 valence electrons. The Morgan fingerprint density at radius 2 is 1.76 bits per heavy atom. The fourth-order valence-corrected chi connectivity index (χ4v) is 2.82. The van der Waals surface area contributed by atoms with Gasteiger partial charge in [-0.2, -0.15) is 0 Å². The highest BCUT2D eigenvalue weighted by Gasteiger charge is 2.10. The molecule has 0 spiro atoms. The van der Waals surface area contributed by atoms with Crippen LogP contribution in [-0.4, -0.2) is 25.1 Å². The first-order valence-corrected chi connectivity index (χ1v) is 8.43. The van der Waals surface area contributed by atoms with Crippen LogP contribution in [0.4, 0.5) is 0 Å². The van der Waals surface area contributed by atoms with E-state index in [9.17, 15) is 4.79 Å². The van der Waals surface area contributed by atoms with Crippen molar-refractivity contribution in [2.75, 3.05) is 20.2 Å². The van der Waals surface area contributed by atoms with Crippen LogP contribution in [0.25, 0.3) is 11.0 Å². The number of hydrogen-bond acceptors (Lipinski definition) is 4. The normalized spacial score (nSPS) is 11.2. The number of hydrogen-bond donors (Lipinski definition) is 0. The van der Waals surface area contributed by atoms with Gasteiger partial charge in [0.2, 0.25) is 0 Å². The van der Waals surface area contributed by atoms with Crippen LogP contribution in [0.1, 0.15) is 16.7 Å². The zero-order valence-corrected chi connectivity index (χ0v) is 14.9. The van der Waals surface area contributed by atoms with Crippen LogP contribution < -0.4 is 10.4 Å². The van der Waals surface area contributed by atoms with E-state index < -0.39 is 0 Å². The van der Waals surface area contributed by atoms with Gasteiger partial charge in [0.05, 0.1) is 0 Å². The van der Waals surface area contributed by atoms with Gasteiger partial charge in [-0.3, -0.25) is 4.90 Å². The van der Waals surface area contributed by atoms with E-state index in [4.69, 9.17) is 9.15 Å². The van der Waals surface area contributed by atoms with Crippen molar-refractivity contribution in [2.24, 2.45) is 0 Å². The number of fused-ring (bicyclic) bond motifs is 1. The Labute approximate surface area is 147 Å². The molecule has 0 unspecified atom stereocenters. The first-order valence-electron chi connectivity index (χ1n) is 8.43. The molecule has 0 amide bonds. The molecule has 0 bridgehead atoms. The Morgan fingerprint density at radius 3 is 2.52 bits per heavy atom. The number of nitrogens with zero attached hydrogens (tertiary/aromatic N) is 1. The molecule has 1 aromatic heterocycles. The quantitative estimate of drug-likeness (QED) is 0.639. The summed E-state index contributed by atoms with van der Waals surface area (Å²) in [5.41, 5.74) is 3.64. The summed E-state index contributed by atoms with van der Waals surface area (Å²) in [6.07, 6.45) is 0. The average molecular weight is 337 g/mol. The van der Waals surface area contributed by atoms with Crippen LogP contribution >= 0.6 is 0 Å². The summed E-state index contributed by atoms with van der Waals surface area (Å²) in [5.74, 6) is 0.868. The first kappa shape index (κ1) is 17.2. The van der Waals surface area contributed by atoms with Gasteiger partial charge in [-0.1, -0.05) is 18.2 Å². The number of para-hydroxylation sites is 1. The Hall–Kier alpha value is -2.59. The third-order valence-corrected chi connectivity index (χ3v) is 4.37. The second-order valence-electron chi connectivity index (χ2n) is 6.42. The molecule has 0 aliphatic carbocycles. The second-order valence-corrected chi connectivity index (χ2v) is 6.42. The van der Waals surface area contributed by atoms with Crippen LogP contribution in [0.5, 0.6) is 5.75 Å². The molecule has 0 fully saturated rings. The Bertz CT molecular complexity index is 916. The van der Waals surface area contributed by atoms with Crippen LogP contribution in [0, 0.1) is 13.8 Å². The molecular weight excluding hydrogens is 314 g/mol. The molecule has 0 atom stereocenters. The molecule has 4 heteroatoms. The van der Waals surface area contributed by atoms with Crippen molar-refractivity contribution >= 4 is 11.0 Å². The van der Waals surface area contributed by atoms with Gasteiger partial charge >= 0.3 is 5.63 Å². The minimum absolute atomic E-state index is 0.306. The minimum Gasteiger partial charge on any atom is -0.492 e. The lowest BCUT2D eigenvalue weighted by Gasteiger charge is -2.18. The van der Waals surface area contributed by atoms with Crippen LogP contribution in [0.3, 0.4) is 0 Å². The second kappa shape index (κ2) is 7.53. The predicted molar refractivity (Wildman–Crippen MR) is 100 cm³/mol. The average Bonchev–Trinajstić information content (AvgIpc) is 2.57. The molecule has 0 saturated carbocycles. The van der Waals surface area contributed by atoms with Crippen LogP contribution in [-0.2, 0) is 6.54 Å². The smallest absolute Gasteiger partial charge is 0.336 e. The standard InChI is InChI=1S/C21H23NO3/c1-15-11-19-17(13-21(23)25-20(19)12-16(15)2)14-22(3)9-10-24-18-7-5-4-6-8-18/h4-8,11-13H,9-10,14H2,1-3H3. The molecule has 0 saturated heterocycles. The van der Waals surface area contributed by atoms with Crippen molar-refractivity contribution in [3.63, 3.8) is 0 Å². The van der Waals surface area contributed by atoms with E-state index in [-0.39, 0.29) is 5.63 Å². The summed E-state index contributed by atoms with van der Waals surface area (Å²) in [6, 6.07) is 15.4. The molecular formula is C21H23NO3. The van der Waals surface area contributed by atoms with E-state index in [1.807, 2.05) is 50.4 Å². The molecule has 0 N–H and O–H groups in total. The van der Waals surface area contributed by atoms with Gasteiger partial charge < -0.3 is 9.15 Å². The van der Waals surface area contributed by atoms with Gasteiger partial charge in [-0.25, -0.2) is 4.79 Å². The number of ether oxygens (including phenoxy) is 1. The molecule has 25 heavy (non-hydrogen) atoms. The van der Waals surface area contributed by atoms with E-state index in [1.165, 1.54) is 5.56 Å². The maximum Gasteiger partial charge on any atom is 0.336 e. The van der Waals surface area contributed by atoms with Gasteiger partial charge in [0.25, 0.3) is 0 Å². The SMILES string of the molecule is Cc1cc2oc(=O)cc(CN(C)CCOc3ccccc3)c2cc1C. The van der Waals surface area contributed by atoms with Gasteiger partial charge in [0.1, 0.15) is 17.9 Å². The van der Waals surface area contributed by atoms with Crippen molar-refractivity contribution in [3.8, 4) is 5.75 Å². The van der Waals surface area contributed by atoms with Crippen molar-refractivity contribution < 1.29 is 9.15 Å². The summed E-state index contributed by atoms with van der Waals surface area (Å²) in [4.78, 5) is 14.0. The van der Waals surface area contributed by atoms with Crippen molar-refractivity contribution in [1.29, 1.82) is 0 Å². The highest BCUT2D eigenvalue weighted by Crippen LogP contribution is 2.22. The van der Waals surface area contributed by atoms with E-state index in [0.29, 0.717) is 18.7 Å². The summed E-state index contributed by atoms with van der Waals surface area (Å²) < 4.78 is 11.1. The van der Waals surface area contributed by atoms with Gasteiger partial charge in [-0.15, -0.1) is 0 Å². The van der Waals surface area contributed by atoms with E-state index >= 15 is 0 Å². The van der Waals surface area contributed by atoms with Gasteiger partial charge in [0.15, 0.2) is 0 Å². The third-order valence-electron chi connectivity index (χ3n) is 4.37. The molecule has 0 aliphatic rings. The Kier molecular flexibility index (Phi) is 5.19. The van der Waals surface area contributed by atoms with Crippen LogP contribution in [0.2, 0.25) is 0 Å². The lowest BCUT2D eigenvalue weighted by atomic mass is 10.0. The lowest BCUT2D eigenvalue weighted by Crippen LogP contribution is -2.24. The third kappa shape index (κ3) is 4.28. The van der Waals surface area contributed by atoms with E-state index in [0.717, 1.165) is 28.8 Å². The predicted octanol–water partition coefficient (Wildman–Crippen LogP) is 3.92. The summed E-state index contributed by atoms with van der Waals surface area (Å²) in [6.45, 7) is 6.12. The molecule has 0 aliphatic heterocycles. The van der Waals surface area contributed by atoms with E-state index in [2.05, 4.69) is 17.9 Å². The van der Waals surface area contributed by atoms with Gasteiger partial charge in [0, 0.05) is 24.5 Å². The Balaban J connectivity index is 1.71. The fraction of sp³-hybridized carbons (Fsp3) is 0.286. The topological polar surface area (TPSA) is 42.7 Å². The van der Waals surface area contributed by atoms with Gasteiger partial charge in [-0.05, 0) is 61.9 Å². The van der Waals surface area contributed by atoms with Crippen molar-refractivity contribution in [1.82, 2.24) is 4.90 Å². The first-order chi connectivity index (χ1) is 12.0. The molecule has 3 aromatic rings. The maximum atomic E-state index is 11.9. The van der Waals surface area contributed by atoms with Crippen molar-refractivity contribution in [3.05, 3.63) is 75.6 Å². The highest BCUT2D eigenvalue weighted by atomic mass is 16.5. The summed E-state index contributed by atoms with van der Waals surface area (Å²) in [5, 5.41) is 0.999. The molecule has 1 heterocycles. The number of likely N-dealkylation sites (N-methyl/N-ethyl adjacent to an activating group) is 1. The number of benzene rings is 2. The minimum atomic E-state index is -0.306. The Morgan fingerprint density at radius 1 is 1.04 bits per heavy atom. The summed E-state index contributed by atoms with van der Waals surface area (Å²) in [7, 11) is 2.02. The molecule has 4 nitrogen and oxygen atoms in total. The maximum absolute atomic E-state index is 11.9. The lowest BCUT2D eigenvalue weighted by molar-refractivity contribution is 0.233. The molecule has 0 radical (unpaired) electrons. The van der Waals surface area contributed by atoms with Crippen molar-refractivity contribution in [2.45, 2.75) is 20.4 Å². The molecule has 2 aromatic carbocycles. The summed E-state index contributed by atoms with van der Waals surface area (Å²) >= 11 is 0. The zero-order chi connectivity index (χ0) is 17.8. The van der Waals surface area contributed by atoms with E-state index in [1.54, 1.807) is 6.07 Å². The largest absolute Gasteiger partial charge is 0.492 e. The fourth-order valence-electron chi connectivity index (χ4n) is 2.82. The zero-order valence-electron chi connectivity index (χ0n) is 14.9. The van der Waals surface area contributed by atoms with Crippen LogP contribution in [0.15, 0.2) is 57.7 Å². The highest BCUT2D eigenvalue weighted by molar-refractivity contribution is 5.81. The number of aryl methyl sites for hydroxylation is 2. The monoisotopic (exact) mass is 337 g/mol.